The third kappa shape index (κ3) is 3.24. The van der Waals surface area contributed by atoms with Crippen molar-refractivity contribution in [1.82, 2.24) is 9.62 Å². The Balaban J connectivity index is 0.00000176. The molecule has 0 saturated carbocycles. The molecule has 2 aromatic rings. The van der Waals surface area contributed by atoms with Crippen LogP contribution in [0.3, 0.4) is 0 Å². The van der Waals surface area contributed by atoms with Crippen LogP contribution in [0, 0.1) is 0 Å². The average Bonchev–Trinajstić information content (AvgIpc) is 2.77. The SMILES string of the molecule is Cl.O=S(=O)(c1ccc(Cl)c2ccccc12)N1CCCNCC1. The summed E-state index contributed by atoms with van der Waals surface area (Å²) < 4.78 is 27.4. The second-order valence-corrected chi connectivity index (χ2v) is 7.41. The summed E-state index contributed by atoms with van der Waals surface area (Å²) in [6, 6.07) is 10.6. The Kier molecular flexibility index (Phi) is 5.69. The highest BCUT2D eigenvalue weighted by molar-refractivity contribution is 7.89. The molecule has 1 aliphatic rings. The second kappa shape index (κ2) is 7.15. The maximum atomic E-state index is 12.9. The molecule has 0 aromatic heterocycles. The van der Waals surface area contributed by atoms with Crippen LogP contribution < -0.4 is 5.32 Å². The van der Waals surface area contributed by atoms with E-state index in [-0.39, 0.29) is 12.4 Å². The first-order valence-corrected chi connectivity index (χ1v) is 8.80. The summed E-state index contributed by atoms with van der Waals surface area (Å²) in [6.45, 7) is 2.59. The van der Waals surface area contributed by atoms with Crippen LogP contribution >= 0.6 is 24.0 Å². The summed E-state index contributed by atoms with van der Waals surface area (Å²) in [5.74, 6) is 0. The van der Waals surface area contributed by atoms with Gasteiger partial charge in [0.05, 0.1) is 4.90 Å². The third-order valence-corrected chi connectivity index (χ3v) is 6.03. The normalized spacial score (nSPS) is 17.0. The van der Waals surface area contributed by atoms with Crippen LogP contribution in [0.4, 0.5) is 0 Å². The smallest absolute Gasteiger partial charge is 0.243 e. The van der Waals surface area contributed by atoms with E-state index in [0.29, 0.717) is 34.9 Å². The third-order valence-electron chi connectivity index (χ3n) is 3.75. The summed E-state index contributed by atoms with van der Waals surface area (Å²) in [6.07, 6.45) is 0.824. The lowest BCUT2D eigenvalue weighted by Gasteiger charge is -2.20. The van der Waals surface area contributed by atoms with E-state index in [1.54, 1.807) is 16.4 Å². The van der Waals surface area contributed by atoms with Crippen molar-refractivity contribution < 1.29 is 8.42 Å². The molecule has 0 bridgehead atoms. The molecule has 0 atom stereocenters. The Bertz CT molecular complexity index is 757. The number of nitrogens with one attached hydrogen (secondary N) is 1. The van der Waals surface area contributed by atoms with Gasteiger partial charge in [0.25, 0.3) is 0 Å². The molecule has 1 N–H and O–H groups in total. The van der Waals surface area contributed by atoms with Crippen molar-refractivity contribution in [3.05, 3.63) is 41.4 Å². The maximum Gasteiger partial charge on any atom is 0.243 e. The predicted octanol–water partition coefficient (Wildman–Crippen LogP) is 2.90. The van der Waals surface area contributed by atoms with Gasteiger partial charge in [-0.2, -0.15) is 4.31 Å². The minimum absolute atomic E-state index is 0. The number of fused-ring (bicyclic) bond motifs is 1. The highest BCUT2D eigenvalue weighted by atomic mass is 35.5. The minimum atomic E-state index is -3.49. The first kappa shape index (κ1) is 17.5. The highest BCUT2D eigenvalue weighted by Crippen LogP contribution is 2.30. The molecular formula is C15H18Cl2N2O2S. The quantitative estimate of drug-likeness (QED) is 0.895. The van der Waals surface area contributed by atoms with Gasteiger partial charge in [0.2, 0.25) is 10.0 Å². The molecule has 1 aliphatic heterocycles. The van der Waals surface area contributed by atoms with Gasteiger partial charge in [0.1, 0.15) is 0 Å². The molecule has 0 aliphatic carbocycles. The Labute approximate surface area is 141 Å². The van der Waals surface area contributed by atoms with Crippen molar-refractivity contribution in [3.8, 4) is 0 Å². The summed E-state index contributed by atoms with van der Waals surface area (Å²) >= 11 is 6.17. The van der Waals surface area contributed by atoms with Gasteiger partial charge < -0.3 is 5.32 Å². The van der Waals surface area contributed by atoms with E-state index in [1.165, 1.54) is 0 Å². The van der Waals surface area contributed by atoms with Gasteiger partial charge in [-0.05, 0) is 25.1 Å². The molecule has 1 fully saturated rings. The molecule has 3 rings (SSSR count). The monoisotopic (exact) mass is 360 g/mol. The molecule has 0 spiro atoms. The molecule has 0 unspecified atom stereocenters. The van der Waals surface area contributed by atoms with Crippen LogP contribution in [0.15, 0.2) is 41.3 Å². The number of sulfonamides is 1. The van der Waals surface area contributed by atoms with Crippen molar-refractivity contribution in [2.24, 2.45) is 0 Å². The number of nitrogens with zero attached hydrogens (tertiary/aromatic N) is 1. The molecule has 1 saturated heterocycles. The van der Waals surface area contributed by atoms with E-state index in [2.05, 4.69) is 5.32 Å². The Morgan fingerprint density at radius 2 is 1.73 bits per heavy atom. The van der Waals surface area contributed by atoms with Crippen LogP contribution in [0.25, 0.3) is 10.8 Å². The number of rotatable bonds is 2. The number of benzene rings is 2. The van der Waals surface area contributed by atoms with E-state index < -0.39 is 10.0 Å². The van der Waals surface area contributed by atoms with Crippen LogP contribution in [0.1, 0.15) is 6.42 Å². The number of halogens is 2. The summed E-state index contributed by atoms with van der Waals surface area (Å²) in [4.78, 5) is 0.337. The van der Waals surface area contributed by atoms with Crippen molar-refractivity contribution in [1.29, 1.82) is 0 Å². The molecule has 1 heterocycles. The van der Waals surface area contributed by atoms with Gasteiger partial charge in [-0.3, -0.25) is 0 Å². The lowest BCUT2D eigenvalue weighted by molar-refractivity contribution is 0.432. The Hall–Kier alpha value is -0.850. The van der Waals surface area contributed by atoms with Gasteiger partial charge in [-0.15, -0.1) is 12.4 Å². The Morgan fingerprint density at radius 3 is 2.50 bits per heavy atom. The highest BCUT2D eigenvalue weighted by Gasteiger charge is 2.26. The molecular weight excluding hydrogens is 343 g/mol. The first-order valence-electron chi connectivity index (χ1n) is 6.99. The fourth-order valence-electron chi connectivity index (χ4n) is 2.66. The predicted molar refractivity (Wildman–Crippen MR) is 92.5 cm³/mol. The molecule has 22 heavy (non-hydrogen) atoms. The topological polar surface area (TPSA) is 49.4 Å². The fraction of sp³-hybridized carbons (Fsp3) is 0.333. The van der Waals surface area contributed by atoms with Gasteiger partial charge in [-0.1, -0.05) is 35.9 Å². The van der Waals surface area contributed by atoms with Crippen molar-refractivity contribution in [2.45, 2.75) is 11.3 Å². The zero-order chi connectivity index (χ0) is 14.9. The summed E-state index contributed by atoms with van der Waals surface area (Å²) in [7, 11) is -3.49. The second-order valence-electron chi connectivity index (χ2n) is 5.10. The van der Waals surface area contributed by atoms with E-state index in [9.17, 15) is 8.42 Å². The van der Waals surface area contributed by atoms with Crippen LogP contribution in [0.2, 0.25) is 5.02 Å². The summed E-state index contributed by atoms with van der Waals surface area (Å²) in [5.41, 5.74) is 0. The number of hydrogen-bond acceptors (Lipinski definition) is 3. The van der Waals surface area contributed by atoms with Crippen LogP contribution in [-0.4, -0.2) is 38.9 Å². The van der Waals surface area contributed by atoms with Crippen LogP contribution in [-0.2, 0) is 10.0 Å². The zero-order valence-corrected chi connectivity index (χ0v) is 14.3. The van der Waals surface area contributed by atoms with Gasteiger partial charge in [-0.25, -0.2) is 8.42 Å². The molecule has 4 nitrogen and oxygen atoms in total. The van der Waals surface area contributed by atoms with Gasteiger partial charge >= 0.3 is 0 Å². The van der Waals surface area contributed by atoms with E-state index >= 15 is 0 Å². The molecule has 120 valence electrons. The zero-order valence-electron chi connectivity index (χ0n) is 12.0. The van der Waals surface area contributed by atoms with E-state index in [1.807, 2.05) is 24.3 Å². The summed E-state index contributed by atoms with van der Waals surface area (Å²) in [5, 5.41) is 5.25. The largest absolute Gasteiger partial charge is 0.315 e. The van der Waals surface area contributed by atoms with Crippen molar-refractivity contribution in [3.63, 3.8) is 0 Å². The van der Waals surface area contributed by atoms with Gasteiger partial charge in [0, 0.05) is 35.4 Å². The standard InChI is InChI=1S/C15H17ClN2O2S.ClH/c16-14-6-7-15(13-5-2-1-4-12(13)14)21(19,20)18-10-3-8-17-9-11-18;/h1-2,4-7,17H,3,8-11H2;1H. The lowest BCUT2D eigenvalue weighted by atomic mass is 10.1. The van der Waals surface area contributed by atoms with Gasteiger partial charge in [0.15, 0.2) is 0 Å². The molecule has 0 amide bonds. The minimum Gasteiger partial charge on any atom is -0.315 e. The fourth-order valence-corrected chi connectivity index (χ4v) is 4.56. The molecule has 2 aromatic carbocycles. The maximum absolute atomic E-state index is 12.9. The average molecular weight is 361 g/mol. The van der Waals surface area contributed by atoms with E-state index in [0.717, 1.165) is 18.4 Å². The Morgan fingerprint density at radius 1 is 1.00 bits per heavy atom. The van der Waals surface area contributed by atoms with Crippen molar-refractivity contribution in [2.75, 3.05) is 26.2 Å². The lowest BCUT2D eigenvalue weighted by Crippen LogP contribution is -2.34. The molecule has 0 radical (unpaired) electrons. The number of hydrogen-bond donors (Lipinski definition) is 1. The van der Waals surface area contributed by atoms with Crippen LogP contribution in [0.5, 0.6) is 0 Å². The molecule has 7 heteroatoms. The van der Waals surface area contributed by atoms with Crippen molar-refractivity contribution >= 4 is 44.8 Å². The first-order chi connectivity index (χ1) is 10.1. The van der Waals surface area contributed by atoms with E-state index in [4.69, 9.17) is 11.6 Å².